The summed E-state index contributed by atoms with van der Waals surface area (Å²) in [5.74, 6) is 7.66. The largest absolute Gasteiger partial charge is 0.508 e. The molecule has 94 heavy (non-hydrogen) atoms. The molecule has 7 aliphatic carbocycles. The van der Waals surface area contributed by atoms with Crippen molar-refractivity contribution >= 4 is 17.5 Å². The van der Waals surface area contributed by atoms with Gasteiger partial charge in [0.1, 0.15) is 17.3 Å². The Morgan fingerprint density at radius 2 is 1.67 bits per heavy atom. The quantitative estimate of drug-likeness (QED) is 0.0310. The van der Waals surface area contributed by atoms with E-state index < -0.39 is 27.9 Å². The van der Waals surface area contributed by atoms with Crippen LogP contribution in [0.1, 0.15) is 182 Å². The highest BCUT2D eigenvalue weighted by molar-refractivity contribution is 6.08. The smallest absolute Gasteiger partial charge is 0.340 e. The van der Waals surface area contributed by atoms with Crippen LogP contribution in [0.25, 0.3) is 16.7 Å². The highest BCUT2D eigenvalue weighted by Crippen LogP contribution is 2.77. The molecule has 14 unspecified atom stereocenters. The minimum absolute atomic E-state index is 0.0334. The zero-order valence-corrected chi connectivity index (χ0v) is 55.9. The van der Waals surface area contributed by atoms with Gasteiger partial charge in [-0.05, 0) is 245 Å². The van der Waals surface area contributed by atoms with Crippen molar-refractivity contribution in [1.82, 2.24) is 26.6 Å². The first-order chi connectivity index (χ1) is 45.6. The number of phenols is 1. The Bertz CT molecular complexity index is 3820. The molecule has 494 valence electrons. The van der Waals surface area contributed by atoms with Crippen LogP contribution in [0.15, 0.2) is 144 Å². The molecule has 5 fully saturated rings. The second-order valence-electron chi connectivity index (χ2n) is 30.9. The van der Waals surface area contributed by atoms with Gasteiger partial charge in [-0.1, -0.05) is 130 Å². The summed E-state index contributed by atoms with van der Waals surface area (Å²) in [6.45, 7) is 9.91. The number of carbonyl (C=O) groups excluding carboxylic acids is 2. The first-order valence-corrected chi connectivity index (χ1v) is 36.3. The highest BCUT2D eigenvalue weighted by Gasteiger charge is 2.73. The van der Waals surface area contributed by atoms with Crippen molar-refractivity contribution in [1.29, 1.82) is 0 Å². The Balaban J connectivity index is 0.962. The van der Waals surface area contributed by atoms with Crippen LogP contribution in [0.4, 0.5) is 0 Å². The summed E-state index contributed by atoms with van der Waals surface area (Å²) in [7, 11) is 2.07. The molecule has 17 rings (SSSR count). The number of rotatable bonds is 11. The number of esters is 2. The second-order valence-corrected chi connectivity index (χ2v) is 30.9. The van der Waals surface area contributed by atoms with Gasteiger partial charge in [-0.2, -0.15) is 0 Å². The number of β-amino-alcohol motifs (C(OH)–C–C–N with tert-alkyl or cyclic N) is 1. The molecular formula is C82H99N5O7. The number of aliphatic hydroxyl groups is 2. The lowest BCUT2D eigenvalue weighted by Crippen LogP contribution is -2.58. The van der Waals surface area contributed by atoms with Gasteiger partial charge in [0.25, 0.3) is 0 Å². The van der Waals surface area contributed by atoms with Gasteiger partial charge in [-0.25, -0.2) is 9.59 Å². The van der Waals surface area contributed by atoms with Gasteiger partial charge < -0.3 is 51.4 Å². The zero-order valence-electron chi connectivity index (χ0n) is 55.9. The fourth-order valence-electron chi connectivity index (χ4n) is 20.8. The number of carbonyl (C=O) groups is 2. The van der Waals surface area contributed by atoms with Crippen LogP contribution in [0.3, 0.4) is 0 Å². The molecule has 13 aliphatic rings. The number of benzene rings is 4. The van der Waals surface area contributed by atoms with Gasteiger partial charge in [0, 0.05) is 60.5 Å². The van der Waals surface area contributed by atoms with E-state index in [9.17, 15) is 15.3 Å². The summed E-state index contributed by atoms with van der Waals surface area (Å²) < 4.78 is 13.9. The van der Waals surface area contributed by atoms with E-state index in [-0.39, 0.29) is 70.9 Å². The molecule has 12 nitrogen and oxygen atoms in total. The van der Waals surface area contributed by atoms with E-state index in [1.54, 1.807) is 6.07 Å². The number of hydrogen-bond acceptors (Lipinski definition) is 12. The number of fused-ring (bicyclic) bond motifs is 9. The van der Waals surface area contributed by atoms with Crippen LogP contribution in [0.5, 0.6) is 5.75 Å². The molecule has 0 amide bonds. The number of cyclic esters (lactones) is 1. The van der Waals surface area contributed by atoms with E-state index in [1.165, 1.54) is 22.3 Å². The van der Waals surface area contributed by atoms with Crippen molar-refractivity contribution in [2.24, 2.45) is 57.7 Å². The van der Waals surface area contributed by atoms with Gasteiger partial charge in [0.15, 0.2) is 0 Å². The number of phenolic OH excluding ortho intramolecular Hbond substituents is 1. The van der Waals surface area contributed by atoms with Crippen LogP contribution in [-0.2, 0) is 38.4 Å². The van der Waals surface area contributed by atoms with E-state index in [2.05, 4.69) is 156 Å². The second kappa shape index (κ2) is 25.5. The van der Waals surface area contributed by atoms with Crippen LogP contribution in [0.2, 0.25) is 0 Å². The lowest BCUT2D eigenvalue weighted by Gasteiger charge is -2.62. The van der Waals surface area contributed by atoms with Gasteiger partial charge >= 0.3 is 11.9 Å². The lowest BCUT2D eigenvalue weighted by molar-refractivity contribution is -0.135. The van der Waals surface area contributed by atoms with Crippen LogP contribution in [0, 0.1) is 69.5 Å². The SMILES string of the molecule is CCCNCc1cc2cc(c1)C1NCC(C)(O)CC#CC(C3(O)CCCCC3)CC3CC(C4CCNC(NC)C4)(CC=C4OC(=O)C5=C4CCC46C=CC(NCC2)c2cccc(c2)-c2ccc(O)cc2C2=C7C(=O)OC(=CC(CC)Cc8ccccc8)C7(CCC24)C56)CC31. The summed E-state index contributed by atoms with van der Waals surface area (Å²) >= 11 is 0. The normalized spacial score (nSPS) is 34.8. The summed E-state index contributed by atoms with van der Waals surface area (Å²) in [6, 6.07) is 32.0. The Kier molecular flexibility index (Phi) is 17.3. The minimum Gasteiger partial charge on any atom is -0.508 e. The maximum absolute atomic E-state index is 16.1. The standard InChI is InChI=1S/C82H99N5O7/c1-5-35-84-49-54-39-53-26-36-85-67-24-33-80-32-22-63-68(25-31-79(59-27-37-86-70(45-59)83-4)47-58-44-60(81(92)29-11-8-12-30-81)19-14-28-78(3,91)50-87-74(65(58)48-79)57(40-53)41-54)93-76(89)72(63)75(80)82-34-23-66(80)71(64-46-61(88)20-21-62(64)55-17-13-18-56(67)43-55)73(82)77(90)94-69(82)42-51(6-2)38-52-15-9-7-10-16-52/h7,9-10,13,15-18,20-21,24-25,33,39-43,46,51,58-60,65-67,70,74-75,83-88,91-92H,5-6,8,11-12,22-23,26-32,34-38,44-45,47-50H2,1-4H3. The Morgan fingerprint density at radius 1 is 0.809 bits per heavy atom. The minimum atomic E-state index is -1.12. The van der Waals surface area contributed by atoms with Crippen LogP contribution in [-0.4, -0.2) is 77.9 Å². The molecule has 2 spiro atoms. The van der Waals surface area contributed by atoms with Crippen molar-refractivity contribution in [3.8, 4) is 28.7 Å². The average molecular weight is 1270 g/mol. The van der Waals surface area contributed by atoms with Crippen molar-refractivity contribution in [2.75, 3.05) is 33.2 Å². The molecule has 4 aromatic carbocycles. The van der Waals surface area contributed by atoms with Gasteiger partial charge in [-0.15, -0.1) is 0 Å². The third kappa shape index (κ3) is 11.3. The molecule has 3 saturated carbocycles. The summed E-state index contributed by atoms with van der Waals surface area (Å²) in [5.41, 5.74) is 8.07. The summed E-state index contributed by atoms with van der Waals surface area (Å²) in [4.78, 5) is 31.8. The number of allylic oxidation sites excluding steroid dienone is 6. The lowest BCUT2D eigenvalue weighted by atomic mass is 9.38. The van der Waals surface area contributed by atoms with Crippen LogP contribution >= 0.6 is 0 Å². The van der Waals surface area contributed by atoms with Crippen molar-refractivity contribution < 1.29 is 34.4 Å². The van der Waals surface area contributed by atoms with E-state index in [1.807, 2.05) is 19.1 Å². The zero-order chi connectivity index (χ0) is 64.6. The highest BCUT2D eigenvalue weighted by atomic mass is 16.6. The molecule has 14 bridgehead atoms. The molecule has 0 radical (unpaired) electrons. The van der Waals surface area contributed by atoms with E-state index >= 15 is 9.59 Å². The topological polar surface area (TPSA) is 173 Å². The van der Waals surface area contributed by atoms with Crippen molar-refractivity contribution in [2.45, 2.75) is 185 Å². The number of hydrogen-bond donors (Lipinski definition) is 8. The molecule has 4 aromatic rings. The Labute approximate surface area is 557 Å². The fraction of sp³-hybridized carbons (Fsp3) is 0.537. The first kappa shape index (κ1) is 63.6. The van der Waals surface area contributed by atoms with E-state index in [0.717, 1.165) is 149 Å². The molecule has 12 heteroatoms. The predicted molar refractivity (Wildman–Crippen MR) is 369 cm³/mol. The fourth-order valence-corrected chi connectivity index (χ4v) is 20.8. The van der Waals surface area contributed by atoms with E-state index in [0.29, 0.717) is 73.8 Å². The van der Waals surface area contributed by atoms with Gasteiger partial charge in [-0.3, -0.25) is 0 Å². The summed E-state index contributed by atoms with van der Waals surface area (Å²) in [6.07, 6.45) is 25.8. The predicted octanol–water partition coefficient (Wildman–Crippen LogP) is 13.5. The third-order valence-electron chi connectivity index (χ3n) is 25.2. The molecule has 6 heterocycles. The maximum Gasteiger partial charge on any atom is 0.340 e. The average Bonchev–Trinajstić information content (AvgIpc) is 1.33. The van der Waals surface area contributed by atoms with E-state index in [4.69, 9.17) is 9.47 Å². The first-order valence-electron chi connectivity index (χ1n) is 36.3. The molecular weight excluding hydrogens is 1170 g/mol. The Morgan fingerprint density at radius 3 is 2.50 bits per heavy atom. The number of piperidine rings is 1. The van der Waals surface area contributed by atoms with Crippen molar-refractivity contribution in [3.05, 3.63) is 177 Å². The number of aromatic hydroxyl groups is 1. The number of ether oxygens (including phenoxy) is 2. The number of nitrogens with one attached hydrogen (secondary N) is 5. The third-order valence-corrected chi connectivity index (χ3v) is 25.2. The van der Waals surface area contributed by atoms with Gasteiger partial charge in [0.05, 0.1) is 34.4 Å². The molecule has 8 N–H and O–H groups in total. The molecule has 6 aliphatic heterocycles. The van der Waals surface area contributed by atoms with Crippen LogP contribution < -0.4 is 26.6 Å². The Hall–Kier alpha value is -6.40. The maximum atomic E-state index is 16.1. The monoisotopic (exact) mass is 1270 g/mol. The van der Waals surface area contributed by atoms with Crippen molar-refractivity contribution in [3.63, 3.8) is 0 Å². The van der Waals surface area contributed by atoms with Gasteiger partial charge in [0.2, 0.25) is 0 Å². The molecule has 14 atom stereocenters. The molecule has 2 saturated heterocycles. The molecule has 0 aromatic heterocycles. The summed E-state index contributed by atoms with van der Waals surface area (Å²) in [5, 5.41) is 56.6.